The molecule has 82 valence electrons. The Hall–Kier alpha value is -0.980. The highest BCUT2D eigenvalue weighted by Gasteiger charge is 2.11. The molecule has 1 aromatic carbocycles. The van der Waals surface area contributed by atoms with E-state index in [-0.39, 0.29) is 5.91 Å². The van der Waals surface area contributed by atoms with Crippen LogP contribution in [0.5, 0.6) is 0 Å². The molecule has 2 rings (SSSR count). The minimum absolute atomic E-state index is 0.227. The lowest BCUT2D eigenvalue weighted by atomic mass is 10.2. The van der Waals surface area contributed by atoms with Gasteiger partial charge in [-0.2, -0.15) is 0 Å². The molecule has 1 heterocycles. The van der Waals surface area contributed by atoms with E-state index in [2.05, 4.69) is 30.8 Å². The highest BCUT2D eigenvalue weighted by molar-refractivity contribution is 9.10. The molecule has 0 aliphatic rings. The van der Waals surface area contributed by atoms with Gasteiger partial charge >= 0.3 is 0 Å². The maximum Gasteiger partial charge on any atom is 0.257 e. The number of carbonyl (C=O) groups is 1. The van der Waals surface area contributed by atoms with E-state index in [4.69, 9.17) is 11.6 Å². The number of hydrogen-bond donors (Lipinski definition) is 1. The summed E-state index contributed by atoms with van der Waals surface area (Å²) in [6.45, 7) is 0. The van der Waals surface area contributed by atoms with Crippen LogP contribution in [-0.2, 0) is 0 Å². The average molecular weight is 319 g/mol. The van der Waals surface area contributed by atoms with E-state index in [1.54, 1.807) is 18.2 Å². The van der Waals surface area contributed by atoms with Crippen molar-refractivity contribution in [3.05, 3.63) is 39.5 Å². The number of halogens is 2. The number of benzene rings is 1. The van der Waals surface area contributed by atoms with E-state index in [0.29, 0.717) is 20.1 Å². The van der Waals surface area contributed by atoms with Gasteiger partial charge < -0.3 is 5.32 Å². The number of nitrogens with zero attached hydrogens (tertiary/aromatic N) is 2. The van der Waals surface area contributed by atoms with Gasteiger partial charge in [-0.05, 0) is 34.1 Å². The van der Waals surface area contributed by atoms with Crippen LogP contribution in [0.15, 0.2) is 28.9 Å². The molecular weight excluding hydrogens is 314 g/mol. The second-order valence-corrected chi connectivity index (χ2v) is 4.94. The lowest BCUT2D eigenvalue weighted by molar-refractivity contribution is 0.102. The summed E-state index contributed by atoms with van der Waals surface area (Å²) in [7, 11) is 0. The van der Waals surface area contributed by atoms with Gasteiger partial charge in [0.25, 0.3) is 5.91 Å². The minimum Gasteiger partial charge on any atom is -0.311 e. The molecule has 1 aromatic heterocycles. The molecule has 1 N–H and O–H groups in total. The van der Waals surface area contributed by atoms with Gasteiger partial charge in [0, 0.05) is 21.0 Å². The molecule has 0 aliphatic heterocycles. The zero-order valence-electron chi connectivity index (χ0n) is 7.78. The van der Waals surface area contributed by atoms with Crippen molar-refractivity contribution < 1.29 is 4.79 Å². The summed E-state index contributed by atoms with van der Waals surface area (Å²) in [5.74, 6) is -0.227. The van der Waals surface area contributed by atoms with Gasteiger partial charge in [-0.1, -0.05) is 16.1 Å². The van der Waals surface area contributed by atoms with Gasteiger partial charge in [0.15, 0.2) is 0 Å². The standard InChI is InChI=1S/C9H5BrClN3OS/c10-7-3-5(11)1-2-6(7)9(15)13-8-4-12-14-16-8/h1-4H,(H,13,15). The first-order chi connectivity index (χ1) is 7.66. The fourth-order valence-electron chi connectivity index (χ4n) is 1.08. The third-order valence-electron chi connectivity index (χ3n) is 1.77. The van der Waals surface area contributed by atoms with Crippen LogP contribution in [0, 0.1) is 0 Å². The zero-order chi connectivity index (χ0) is 11.5. The second kappa shape index (κ2) is 4.90. The van der Waals surface area contributed by atoms with E-state index in [1.807, 2.05) is 0 Å². The molecule has 4 nitrogen and oxygen atoms in total. The predicted octanol–water partition coefficient (Wildman–Crippen LogP) is 3.21. The summed E-state index contributed by atoms with van der Waals surface area (Å²) in [4.78, 5) is 11.8. The summed E-state index contributed by atoms with van der Waals surface area (Å²) in [6.07, 6.45) is 1.49. The van der Waals surface area contributed by atoms with Crippen LogP contribution in [0.25, 0.3) is 0 Å². The number of hydrogen-bond acceptors (Lipinski definition) is 4. The molecule has 2 aromatic rings. The summed E-state index contributed by atoms with van der Waals surface area (Å²) in [5.41, 5.74) is 0.512. The molecule has 0 radical (unpaired) electrons. The third-order valence-corrected chi connectivity index (χ3v) is 3.25. The zero-order valence-corrected chi connectivity index (χ0v) is 10.9. The first-order valence-electron chi connectivity index (χ1n) is 4.20. The maximum absolute atomic E-state index is 11.8. The summed E-state index contributed by atoms with van der Waals surface area (Å²) < 4.78 is 4.30. The largest absolute Gasteiger partial charge is 0.311 e. The number of nitrogens with one attached hydrogen (secondary N) is 1. The van der Waals surface area contributed by atoms with E-state index < -0.39 is 0 Å². The molecule has 0 unspecified atom stereocenters. The fraction of sp³-hybridized carbons (Fsp3) is 0. The van der Waals surface area contributed by atoms with Gasteiger partial charge in [0.1, 0.15) is 5.00 Å². The lowest BCUT2D eigenvalue weighted by Crippen LogP contribution is -2.11. The molecule has 0 saturated heterocycles. The highest BCUT2D eigenvalue weighted by atomic mass is 79.9. The first kappa shape index (κ1) is 11.5. The number of amides is 1. The molecule has 0 spiro atoms. The Balaban J connectivity index is 2.21. The molecule has 0 fully saturated rings. The topological polar surface area (TPSA) is 54.9 Å². The van der Waals surface area contributed by atoms with Crippen molar-refractivity contribution in [2.45, 2.75) is 0 Å². The quantitative estimate of drug-likeness (QED) is 0.925. The van der Waals surface area contributed by atoms with Crippen LogP contribution in [0.4, 0.5) is 5.00 Å². The van der Waals surface area contributed by atoms with Gasteiger partial charge in [-0.3, -0.25) is 4.79 Å². The molecular formula is C9H5BrClN3OS. The van der Waals surface area contributed by atoms with Crippen molar-refractivity contribution >= 4 is 50.0 Å². The molecule has 0 saturated carbocycles. The first-order valence-corrected chi connectivity index (χ1v) is 6.15. The van der Waals surface area contributed by atoms with Crippen LogP contribution >= 0.6 is 39.1 Å². The number of rotatable bonds is 2. The van der Waals surface area contributed by atoms with Gasteiger partial charge in [0.05, 0.1) is 11.8 Å². The van der Waals surface area contributed by atoms with Gasteiger partial charge in [-0.15, -0.1) is 5.10 Å². The Morgan fingerprint density at radius 2 is 2.31 bits per heavy atom. The number of anilines is 1. The molecule has 0 atom stereocenters. The van der Waals surface area contributed by atoms with Crippen LogP contribution < -0.4 is 5.32 Å². The molecule has 0 aliphatic carbocycles. The molecule has 16 heavy (non-hydrogen) atoms. The summed E-state index contributed by atoms with van der Waals surface area (Å²) in [5, 5.41) is 7.48. The number of carbonyl (C=O) groups excluding carboxylic acids is 1. The Labute approximate surface area is 109 Å². The third kappa shape index (κ3) is 2.58. The summed E-state index contributed by atoms with van der Waals surface area (Å²) in [6, 6.07) is 4.98. The maximum atomic E-state index is 11.8. The van der Waals surface area contributed by atoms with Crippen molar-refractivity contribution in [3.63, 3.8) is 0 Å². The summed E-state index contributed by atoms with van der Waals surface area (Å²) >= 11 is 10.2. The van der Waals surface area contributed by atoms with Gasteiger partial charge in [0.2, 0.25) is 0 Å². The second-order valence-electron chi connectivity index (χ2n) is 2.86. The van der Waals surface area contributed by atoms with Crippen LogP contribution in [-0.4, -0.2) is 15.5 Å². The SMILES string of the molecule is O=C(Nc1cnns1)c1ccc(Cl)cc1Br. The highest BCUT2D eigenvalue weighted by Crippen LogP contribution is 2.22. The van der Waals surface area contributed by atoms with Crippen molar-refractivity contribution in [1.29, 1.82) is 0 Å². The molecule has 0 bridgehead atoms. The van der Waals surface area contributed by atoms with Crippen LogP contribution in [0.2, 0.25) is 5.02 Å². The van der Waals surface area contributed by atoms with Crippen molar-refractivity contribution in [1.82, 2.24) is 9.59 Å². The molecule has 1 amide bonds. The van der Waals surface area contributed by atoms with E-state index in [0.717, 1.165) is 11.5 Å². The van der Waals surface area contributed by atoms with Crippen molar-refractivity contribution in [2.75, 3.05) is 5.32 Å². The van der Waals surface area contributed by atoms with Crippen LogP contribution in [0.1, 0.15) is 10.4 Å². The Kier molecular flexibility index (Phi) is 3.52. The van der Waals surface area contributed by atoms with Gasteiger partial charge in [-0.25, -0.2) is 0 Å². The monoisotopic (exact) mass is 317 g/mol. The smallest absolute Gasteiger partial charge is 0.257 e. The average Bonchev–Trinajstić information content (AvgIpc) is 2.70. The van der Waals surface area contributed by atoms with Crippen LogP contribution in [0.3, 0.4) is 0 Å². The number of aromatic nitrogens is 2. The fourth-order valence-corrected chi connectivity index (χ4v) is 2.35. The van der Waals surface area contributed by atoms with E-state index in [9.17, 15) is 4.79 Å². The van der Waals surface area contributed by atoms with Crippen molar-refractivity contribution in [2.24, 2.45) is 0 Å². The Morgan fingerprint density at radius 1 is 1.50 bits per heavy atom. The lowest BCUT2D eigenvalue weighted by Gasteiger charge is -2.04. The van der Waals surface area contributed by atoms with Crippen molar-refractivity contribution in [3.8, 4) is 0 Å². The minimum atomic E-state index is -0.227. The van der Waals surface area contributed by atoms with E-state index >= 15 is 0 Å². The predicted molar refractivity (Wildman–Crippen MR) is 67.0 cm³/mol. The Morgan fingerprint density at radius 3 is 2.94 bits per heavy atom. The van der Waals surface area contributed by atoms with E-state index in [1.165, 1.54) is 6.20 Å². The normalized spacial score (nSPS) is 10.1. The Bertz CT molecular complexity index is 517. The molecule has 7 heteroatoms.